The van der Waals surface area contributed by atoms with Crippen LogP contribution in [0.3, 0.4) is 0 Å². The highest BCUT2D eigenvalue weighted by molar-refractivity contribution is 5.38. The molecule has 1 unspecified atom stereocenters. The Bertz CT molecular complexity index is 438. The van der Waals surface area contributed by atoms with Crippen molar-refractivity contribution < 1.29 is 13.2 Å². The number of benzene rings is 1. The van der Waals surface area contributed by atoms with Crippen LogP contribution in [0.5, 0.6) is 0 Å². The van der Waals surface area contributed by atoms with E-state index >= 15 is 0 Å². The zero-order valence-electron chi connectivity index (χ0n) is 9.68. The van der Waals surface area contributed by atoms with E-state index < -0.39 is 11.7 Å². The van der Waals surface area contributed by atoms with Gasteiger partial charge in [0.2, 0.25) is 0 Å². The molecule has 1 aromatic carbocycles. The number of alkyl halides is 3. The molecule has 4 heteroatoms. The summed E-state index contributed by atoms with van der Waals surface area (Å²) in [6.07, 6.45) is -4.34. The summed E-state index contributed by atoms with van der Waals surface area (Å²) in [4.78, 5) is 0. The molecule has 0 aliphatic rings. The molecule has 17 heavy (non-hydrogen) atoms. The van der Waals surface area contributed by atoms with Gasteiger partial charge in [-0.2, -0.15) is 13.2 Å². The van der Waals surface area contributed by atoms with E-state index in [4.69, 9.17) is 5.73 Å². The van der Waals surface area contributed by atoms with Gasteiger partial charge in [0.25, 0.3) is 0 Å². The zero-order chi connectivity index (χ0) is 13.1. The summed E-state index contributed by atoms with van der Waals surface area (Å²) in [5.74, 6) is 5.58. The van der Waals surface area contributed by atoms with Crippen molar-refractivity contribution in [1.29, 1.82) is 0 Å². The molecule has 1 rings (SSSR count). The molecule has 0 bridgehead atoms. The normalized spacial score (nSPS) is 13.1. The van der Waals surface area contributed by atoms with Gasteiger partial charge in [-0.05, 0) is 24.1 Å². The van der Waals surface area contributed by atoms with E-state index in [1.54, 1.807) is 0 Å². The first kappa shape index (κ1) is 13.6. The zero-order valence-corrected chi connectivity index (χ0v) is 9.68. The highest BCUT2D eigenvalue weighted by Gasteiger charge is 2.30. The van der Waals surface area contributed by atoms with Gasteiger partial charge >= 0.3 is 6.18 Å². The Morgan fingerprint density at radius 1 is 1.24 bits per heavy atom. The molecule has 1 atom stereocenters. The molecule has 0 aromatic heterocycles. The maximum Gasteiger partial charge on any atom is 0.416 e. The average Bonchev–Trinajstić information content (AvgIpc) is 2.25. The average molecular weight is 241 g/mol. The number of hydrogen-bond donors (Lipinski definition) is 1. The lowest BCUT2D eigenvalue weighted by Gasteiger charge is -2.07. The van der Waals surface area contributed by atoms with Gasteiger partial charge < -0.3 is 5.73 Å². The van der Waals surface area contributed by atoms with Crippen LogP contribution >= 0.6 is 0 Å². The minimum absolute atomic E-state index is 0.174. The highest BCUT2D eigenvalue weighted by Crippen LogP contribution is 2.29. The van der Waals surface area contributed by atoms with Crippen LogP contribution in [0.2, 0.25) is 0 Å². The van der Waals surface area contributed by atoms with E-state index in [-0.39, 0.29) is 12.0 Å². The summed E-state index contributed by atoms with van der Waals surface area (Å²) in [6.45, 7) is 3.82. The molecule has 0 saturated heterocycles. The molecule has 92 valence electrons. The van der Waals surface area contributed by atoms with Crippen LogP contribution in [0.25, 0.3) is 0 Å². The molecule has 2 N–H and O–H groups in total. The number of hydrogen-bond acceptors (Lipinski definition) is 1. The molecule has 0 aliphatic heterocycles. The quantitative estimate of drug-likeness (QED) is 0.751. The molecule has 0 spiro atoms. The third-order valence-electron chi connectivity index (χ3n) is 2.29. The van der Waals surface area contributed by atoms with Crippen molar-refractivity contribution in [2.24, 2.45) is 11.7 Å². The van der Waals surface area contributed by atoms with Crippen molar-refractivity contribution in [2.45, 2.75) is 26.1 Å². The van der Waals surface area contributed by atoms with Crippen LogP contribution in [-0.4, -0.2) is 6.04 Å². The SMILES string of the molecule is CC(C)C(N)C#Cc1cccc(C(F)(F)F)c1. The fraction of sp³-hybridized carbons (Fsp3) is 0.385. The molecule has 0 fully saturated rings. The first-order valence-electron chi connectivity index (χ1n) is 5.25. The Balaban J connectivity index is 2.94. The third-order valence-corrected chi connectivity index (χ3v) is 2.29. The Morgan fingerprint density at radius 2 is 1.88 bits per heavy atom. The van der Waals surface area contributed by atoms with E-state index in [1.807, 2.05) is 13.8 Å². The van der Waals surface area contributed by atoms with E-state index in [9.17, 15) is 13.2 Å². The number of rotatable bonds is 1. The van der Waals surface area contributed by atoms with Crippen molar-refractivity contribution >= 4 is 0 Å². The second-order valence-electron chi connectivity index (χ2n) is 4.12. The fourth-order valence-electron chi connectivity index (χ4n) is 1.11. The van der Waals surface area contributed by atoms with Crippen LogP contribution in [-0.2, 0) is 6.18 Å². The van der Waals surface area contributed by atoms with Gasteiger partial charge in [-0.25, -0.2) is 0 Å². The van der Waals surface area contributed by atoms with Gasteiger partial charge in [-0.15, -0.1) is 0 Å². The molecular weight excluding hydrogens is 227 g/mol. The minimum Gasteiger partial charge on any atom is -0.317 e. The van der Waals surface area contributed by atoms with Crippen molar-refractivity contribution in [3.8, 4) is 11.8 Å². The number of nitrogens with two attached hydrogens (primary N) is 1. The van der Waals surface area contributed by atoms with Crippen LogP contribution < -0.4 is 5.73 Å². The molecule has 0 heterocycles. The van der Waals surface area contributed by atoms with Gasteiger partial charge in [0.05, 0.1) is 11.6 Å². The van der Waals surface area contributed by atoms with Gasteiger partial charge in [-0.1, -0.05) is 31.8 Å². The first-order valence-corrected chi connectivity index (χ1v) is 5.25. The van der Waals surface area contributed by atoms with E-state index in [2.05, 4.69) is 11.8 Å². The Hall–Kier alpha value is -1.47. The number of halogens is 3. The lowest BCUT2D eigenvalue weighted by Crippen LogP contribution is -2.23. The topological polar surface area (TPSA) is 26.0 Å². The molecule has 0 amide bonds. The van der Waals surface area contributed by atoms with Crippen molar-refractivity contribution in [3.05, 3.63) is 35.4 Å². The lowest BCUT2D eigenvalue weighted by atomic mass is 10.1. The van der Waals surface area contributed by atoms with Gasteiger partial charge in [-0.3, -0.25) is 0 Å². The largest absolute Gasteiger partial charge is 0.416 e. The smallest absolute Gasteiger partial charge is 0.317 e. The van der Waals surface area contributed by atoms with Gasteiger partial charge in [0.15, 0.2) is 0 Å². The van der Waals surface area contributed by atoms with Crippen LogP contribution in [0.15, 0.2) is 24.3 Å². The summed E-state index contributed by atoms with van der Waals surface area (Å²) in [5, 5.41) is 0. The van der Waals surface area contributed by atoms with Gasteiger partial charge in [0, 0.05) is 5.56 Å². The molecule has 1 nitrogen and oxygen atoms in total. The van der Waals surface area contributed by atoms with E-state index in [0.29, 0.717) is 5.56 Å². The second kappa shape index (κ2) is 5.24. The molecule has 0 aliphatic carbocycles. The van der Waals surface area contributed by atoms with Crippen molar-refractivity contribution in [2.75, 3.05) is 0 Å². The highest BCUT2D eigenvalue weighted by atomic mass is 19.4. The summed E-state index contributed by atoms with van der Waals surface area (Å²) < 4.78 is 37.3. The monoisotopic (exact) mass is 241 g/mol. The Morgan fingerprint density at radius 3 is 2.41 bits per heavy atom. The first-order chi connectivity index (χ1) is 7.80. The van der Waals surface area contributed by atoms with Gasteiger partial charge in [0.1, 0.15) is 0 Å². The predicted molar refractivity (Wildman–Crippen MR) is 61.1 cm³/mol. The molecular formula is C13H14F3N. The maximum atomic E-state index is 12.4. The van der Waals surface area contributed by atoms with E-state index in [1.165, 1.54) is 12.1 Å². The summed E-state index contributed by atoms with van der Waals surface area (Å²) >= 11 is 0. The summed E-state index contributed by atoms with van der Waals surface area (Å²) in [5.41, 5.74) is 5.33. The van der Waals surface area contributed by atoms with Crippen molar-refractivity contribution in [3.63, 3.8) is 0 Å². The van der Waals surface area contributed by atoms with E-state index in [0.717, 1.165) is 12.1 Å². The van der Waals surface area contributed by atoms with Crippen LogP contribution in [0, 0.1) is 17.8 Å². The maximum absolute atomic E-state index is 12.4. The van der Waals surface area contributed by atoms with Crippen LogP contribution in [0.1, 0.15) is 25.0 Å². The second-order valence-corrected chi connectivity index (χ2v) is 4.12. The minimum atomic E-state index is -4.34. The Kier molecular flexibility index (Phi) is 4.19. The summed E-state index contributed by atoms with van der Waals surface area (Å²) in [6, 6.07) is 4.60. The Labute approximate surface area is 98.8 Å². The molecule has 0 saturated carbocycles. The molecule has 1 aromatic rings. The standard InChI is InChI=1S/C13H14F3N/c1-9(2)12(17)7-6-10-4-3-5-11(8-10)13(14,15)16/h3-5,8-9,12H,17H2,1-2H3. The predicted octanol–water partition coefficient (Wildman–Crippen LogP) is 3.04. The lowest BCUT2D eigenvalue weighted by molar-refractivity contribution is -0.137. The van der Waals surface area contributed by atoms with Crippen molar-refractivity contribution in [1.82, 2.24) is 0 Å². The summed E-state index contributed by atoms with van der Waals surface area (Å²) in [7, 11) is 0. The van der Waals surface area contributed by atoms with Crippen LogP contribution in [0.4, 0.5) is 13.2 Å². The fourth-order valence-corrected chi connectivity index (χ4v) is 1.11. The third kappa shape index (κ3) is 4.12. The molecule has 0 radical (unpaired) electrons.